The van der Waals surface area contributed by atoms with Gasteiger partial charge in [-0.3, -0.25) is 9.59 Å². The molecule has 7 heteroatoms. The lowest BCUT2D eigenvalue weighted by Crippen LogP contribution is -2.36. The first-order valence-electron chi connectivity index (χ1n) is 5.04. The van der Waals surface area contributed by atoms with Gasteiger partial charge in [0, 0.05) is 11.4 Å². The van der Waals surface area contributed by atoms with Crippen molar-refractivity contribution in [1.29, 1.82) is 0 Å². The van der Waals surface area contributed by atoms with E-state index in [2.05, 4.69) is 5.32 Å². The second-order valence-electron chi connectivity index (χ2n) is 3.30. The van der Waals surface area contributed by atoms with Crippen molar-refractivity contribution in [1.82, 2.24) is 5.32 Å². The van der Waals surface area contributed by atoms with Crippen LogP contribution in [0, 0.1) is 0 Å². The summed E-state index contributed by atoms with van der Waals surface area (Å²) in [5.41, 5.74) is 10.6. The summed E-state index contributed by atoms with van der Waals surface area (Å²) in [5, 5.41) is 4.47. The molecule has 0 fully saturated rings. The highest BCUT2D eigenvalue weighted by Gasteiger charge is 2.15. The monoisotopic (exact) mass is 257 g/mol. The zero-order chi connectivity index (χ0) is 12.7. The molecule has 0 bridgehead atoms. The number of ether oxygens (including phenoxy) is 1. The van der Waals surface area contributed by atoms with Crippen molar-refractivity contribution in [2.75, 3.05) is 19.8 Å². The van der Waals surface area contributed by atoms with E-state index in [1.165, 1.54) is 11.3 Å². The minimum absolute atomic E-state index is 0.146. The molecule has 17 heavy (non-hydrogen) atoms. The second-order valence-corrected chi connectivity index (χ2v) is 4.28. The smallest absolute Gasteiger partial charge is 0.243 e. The van der Waals surface area contributed by atoms with E-state index in [1.54, 1.807) is 6.07 Å². The summed E-state index contributed by atoms with van der Waals surface area (Å²) in [6, 6.07) is 2.98. The molecule has 1 rings (SSSR count). The number of carbonyl (C=O) groups is 2. The number of carbonyl (C=O) groups excluding carboxylic acids is 2. The Kier molecular flexibility index (Phi) is 5.61. The third kappa shape index (κ3) is 4.94. The van der Waals surface area contributed by atoms with Gasteiger partial charge in [-0.15, -0.1) is 11.3 Å². The Morgan fingerprint density at radius 1 is 1.53 bits per heavy atom. The van der Waals surface area contributed by atoms with E-state index in [0.717, 1.165) is 4.88 Å². The largest absolute Gasteiger partial charge is 0.370 e. The number of thiophene rings is 1. The molecule has 0 aliphatic carbocycles. The number of hydrogen-bond donors (Lipinski definition) is 3. The van der Waals surface area contributed by atoms with Crippen LogP contribution in [0.3, 0.4) is 0 Å². The number of nitrogens with one attached hydrogen (secondary N) is 1. The van der Waals surface area contributed by atoms with Gasteiger partial charge in [-0.25, -0.2) is 0 Å². The molecule has 0 spiro atoms. The van der Waals surface area contributed by atoms with Gasteiger partial charge in [-0.05, 0) is 11.4 Å². The van der Waals surface area contributed by atoms with E-state index >= 15 is 0 Å². The van der Waals surface area contributed by atoms with Gasteiger partial charge in [-0.2, -0.15) is 0 Å². The highest BCUT2D eigenvalue weighted by Crippen LogP contribution is 2.16. The lowest BCUT2D eigenvalue weighted by Gasteiger charge is -2.10. The molecular formula is C10H15N3O3S. The third-order valence-corrected chi connectivity index (χ3v) is 2.88. The van der Waals surface area contributed by atoms with Crippen LogP contribution in [0.2, 0.25) is 0 Å². The van der Waals surface area contributed by atoms with Crippen LogP contribution < -0.4 is 16.8 Å². The quantitative estimate of drug-likeness (QED) is 0.565. The summed E-state index contributed by atoms with van der Waals surface area (Å²) < 4.78 is 4.89. The fraction of sp³-hybridized carbons (Fsp3) is 0.400. The van der Waals surface area contributed by atoms with E-state index < -0.39 is 11.9 Å². The summed E-state index contributed by atoms with van der Waals surface area (Å²) in [6.07, 6.45) is 0. The molecule has 1 atom stereocenters. The molecule has 0 aliphatic heterocycles. The number of rotatable bonds is 7. The Balaban J connectivity index is 2.19. The van der Waals surface area contributed by atoms with Crippen LogP contribution in [0.25, 0.3) is 0 Å². The van der Waals surface area contributed by atoms with Gasteiger partial charge in [-0.1, -0.05) is 6.07 Å². The molecule has 6 nitrogen and oxygen atoms in total. The average molecular weight is 257 g/mol. The summed E-state index contributed by atoms with van der Waals surface area (Å²) in [5.74, 6) is -0.804. The van der Waals surface area contributed by atoms with Crippen molar-refractivity contribution < 1.29 is 14.3 Å². The molecule has 5 N–H and O–H groups in total. The summed E-state index contributed by atoms with van der Waals surface area (Å²) >= 11 is 1.43. The number of nitrogens with two attached hydrogens (primary N) is 2. The van der Waals surface area contributed by atoms with E-state index in [0.29, 0.717) is 6.54 Å². The molecule has 0 aliphatic rings. The van der Waals surface area contributed by atoms with Gasteiger partial charge in [0.1, 0.15) is 12.6 Å². The normalized spacial score (nSPS) is 12.1. The molecule has 0 radical (unpaired) electrons. The maximum Gasteiger partial charge on any atom is 0.243 e. The fourth-order valence-electron chi connectivity index (χ4n) is 1.13. The maximum absolute atomic E-state index is 11.6. The van der Waals surface area contributed by atoms with E-state index in [4.69, 9.17) is 16.2 Å². The molecular weight excluding hydrogens is 242 g/mol. The molecule has 0 saturated carbocycles. The van der Waals surface area contributed by atoms with Gasteiger partial charge in [0.05, 0.1) is 6.61 Å². The van der Waals surface area contributed by atoms with Gasteiger partial charge in [0.2, 0.25) is 11.8 Å². The lowest BCUT2D eigenvalue weighted by atomic mass is 10.2. The van der Waals surface area contributed by atoms with Crippen molar-refractivity contribution in [3.63, 3.8) is 0 Å². The SMILES string of the molecule is NC(=O)COCCNC(=O)C(N)c1cccs1. The van der Waals surface area contributed by atoms with Crippen molar-refractivity contribution >= 4 is 23.2 Å². The van der Waals surface area contributed by atoms with Crippen molar-refractivity contribution in [3.8, 4) is 0 Å². The Morgan fingerprint density at radius 2 is 2.29 bits per heavy atom. The molecule has 1 aromatic heterocycles. The molecule has 1 heterocycles. The number of amides is 2. The molecule has 1 unspecified atom stereocenters. The Hall–Kier alpha value is -1.44. The minimum Gasteiger partial charge on any atom is -0.370 e. The molecule has 2 amide bonds. The van der Waals surface area contributed by atoms with Crippen LogP contribution in [0.5, 0.6) is 0 Å². The minimum atomic E-state index is -0.661. The standard InChI is InChI=1S/C10H15N3O3S/c11-8(14)6-16-4-3-13-10(15)9(12)7-2-1-5-17-7/h1-2,5,9H,3-4,6,12H2,(H2,11,14)(H,13,15). The highest BCUT2D eigenvalue weighted by molar-refractivity contribution is 7.10. The van der Waals surface area contributed by atoms with Crippen LogP contribution >= 0.6 is 11.3 Å². The second kappa shape index (κ2) is 7.00. The lowest BCUT2D eigenvalue weighted by molar-refractivity contribution is -0.123. The average Bonchev–Trinajstić information content (AvgIpc) is 2.80. The Morgan fingerprint density at radius 3 is 2.88 bits per heavy atom. The van der Waals surface area contributed by atoms with Crippen LogP contribution in [-0.4, -0.2) is 31.6 Å². The summed E-state index contributed by atoms with van der Waals surface area (Å²) in [6.45, 7) is 0.379. The van der Waals surface area contributed by atoms with Crippen molar-refractivity contribution in [2.24, 2.45) is 11.5 Å². The van der Waals surface area contributed by atoms with E-state index in [1.807, 2.05) is 11.4 Å². The zero-order valence-corrected chi connectivity index (χ0v) is 10.0. The first-order chi connectivity index (χ1) is 8.11. The molecule has 0 saturated heterocycles. The maximum atomic E-state index is 11.6. The highest BCUT2D eigenvalue weighted by atomic mass is 32.1. The number of hydrogen-bond acceptors (Lipinski definition) is 5. The van der Waals surface area contributed by atoms with Crippen molar-refractivity contribution in [3.05, 3.63) is 22.4 Å². The van der Waals surface area contributed by atoms with Crippen molar-refractivity contribution in [2.45, 2.75) is 6.04 Å². The van der Waals surface area contributed by atoms with Crippen LogP contribution in [0.4, 0.5) is 0 Å². The molecule has 0 aromatic carbocycles. The van der Waals surface area contributed by atoms with Crippen LogP contribution in [0.1, 0.15) is 10.9 Å². The first kappa shape index (κ1) is 13.6. The van der Waals surface area contributed by atoms with Gasteiger partial charge < -0.3 is 21.5 Å². The fourth-order valence-corrected chi connectivity index (χ4v) is 1.85. The first-order valence-corrected chi connectivity index (χ1v) is 5.92. The number of primary amides is 1. The summed E-state index contributed by atoms with van der Waals surface area (Å²) in [4.78, 5) is 22.7. The third-order valence-electron chi connectivity index (χ3n) is 1.92. The zero-order valence-electron chi connectivity index (χ0n) is 9.22. The van der Waals surface area contributed by atoms with Gasteiger partial charge >= 0.3 is 0 Å². The summed E-state index contributed by atoms with van der Waals surface area (Å²) in [7, 11) is 0. The molecule has 1 aromatic rings. The topological polar surface area (TPSA) is 107 Å². The Labute approximate surface area is 103 Å². The van der Waals surface area contributed by atoms with E-state index in [-0.39, 0.29) is 19.1 Å². The van der Waals surface area contributed by atoms with Gasteiger partial charge in [0.15, 0.2) is 0 Å². The van der Waals surface area contributed by atoms with Crippen LogP contribution in [0.15, 0.2) is 17.5 Å². The predicted octanol–water partition coefficient (Wildman–Crippen LogP) is -0.634. The molecule has 94 valence electrons. The predicted molar refractivity (Wildman–Crippen MR) is 64.3 cm³/mol. The van der Waals surface area contributed by atoms with Gasteiger partial charge in [0.25, 0.3) is 0 Å². The Bertz CT molecular complexity index is 367. The van der Waals surface area contributed by atoms with Crippen LogP contribution in [-0.2, 0) is 14.3 Å². The van der Waals surface area contributed by atoms with E-state index in [9.17, 15) is 9.59 Å².